The molecule has 1 rings (SSSR count). The summed E-state index contributed by atoms with van der Waals surface area (Å²) in [5, 5.41) is 2.85. The predicted octanol–water partition coefficient (Wildman–Crippen LogP) is 2.28. The number of nitrogens with one attached hydrogen (secondary N) is 1. The van der Waals surface area contributed by atoms with E-state index in [2.05, 4.69) is 21.6 Å². The summed E-state index contributed by atoms with van der Waals surface area (Å²) in [6.07, 6.45) is 0. The summed E-state index contributed by atoms with van der Waals surface area (Å²) in [4.78, 5) is 4.07. The average Bonchev–Trinajstić information content (AvgIpc) is 2.42. The highest BCUT2D eigenvalue weighted by molar-refractivity contribution is 5.78. The summed E-state index contributed by atoms with van der Waals surface area (Å²) >= 11 is 0. The lowest BCUT2D eigenvalue weighted by molar-refractivity contribution is -0.0505. The number of hydrogen-bond acceptors (Lipinski definition) is 3. The van der Waals surface area contributed by atoms with Gasteiger partial charge in [0.15, 0.2) is 5.96 Å². The molecule has 0 saturated carbocycles. The molecule has 0 radical (unpaired) electrons. The largest absolute Gasteiger partial charge is 0.497 e. The van der Waals surface area contributed by atoms with Crippen LogP contribution in [-0.4, -0.2) is 26.2 Å². The summed E-state index contributed by atoms with van der Waals surface area (Å²) in [6.45, 7) is 3.26. The number of nitrogens with two attached hydrogens (primary N) is 1. The molecule has 1 aromatic carbocycles. The topological polar surface area (TPSA) is 68.9 Å². The summed E-state index contributed by atoms with van der Waals surface area (Å²) in [5.74, 6) is 0.643. The van der Waals surface area contributed by atoms with Crippen LogP contribution < -0.4 is 20.5 Å². The fourth-order valence-corrected chi connectivity index (χ4v) is 1.47. The molecule has 0 fully saturated rings. The second-order valence-electron chi connectivity index (χ2n) is 4.36. The van der Waals surface area contributed by atoms with Crippen LogP contribution in [0, 0.1) is 0 Å². The van der Waals surface area contributed by atoms with Crippen molar-refractivity contribution < 1.29 is 18.3 Å². The average molecular weight is 299 g/mol. The highest BCUT2D eigenvalue weighted by Gasteiger charge is 2.11. The molecule has 0 atom stereocenters. The third-order valence-corrected chi connectivity index (χ3v) is 2.48. The minimum atomic E-state index is -2.92. The van der Waals surface area contributed by atoms with Crippen molar-refractivity contribution in [1.82, 2.24) is 5.32 Å². The molecule has 1 aromatic rings. The molecule has 0 amide bonds. The van der Waals surface area contributed by atoms with E-state index in [-0.39, 0.29) is 18.3 Å². The number of hydrogen-bond donors (Lipinski definition) is 2. The van der Waals surface area contributed by atoms with E-state index in [1.54, 1.807) is 12.1 Å². The molecule has 0 aliphatic carbocycles. The van der Waals surface area contributed by atoms with Gasteiger partial charge >= 0.3 is 6.61 Å². The van der Waals surface area contributed by atoms with Crippen LogP contribution in [0.4, 0.5) is 8.78 Å². The van der Waals surface area contributed by atoms with Gasteiger partial charge in [-0.25, -0.2) is 4.99 Å². The number of ether oxygens (including phenoxy) is 2. The van der Waals surface area contributed by atoms with Gasteiger partial charge in [-0.3, -0.25) is 0 Å². The number of alkyl halides is 2. The quantitative estimate of drug-likeness (QED) is 0.460. The van der Waals surface area contributed by atoms with E-state index >= 15 is 0 Å². The minimum absolute atomic E-state index is 0.0146. The van der Waals surface area contributed by atoms with E-state index in [0.717, 1.165) is 5.57 Å². The minimum Gasteiger partial charge on any atom is -0.497 e. The lowest BCUT2D eigenvalue weighted by atomic mass is 10.2. The van der Waals surface area contributed by atoms with Gasteiger partial charge in [0.25, 0.3) is 0 Å². The van der Waals surface area contributed by atoms with Crippen molar-refractivity contribution >= 4 is 5.96 Å². The molecule has 0 bridgehead atoms. The predicted molar refractivity (Wildman–Crippen MR) is 77.8 cm³/mol. The van der Waals surface area contributed by atoms with Crippen LogP contribution in [0.2, 0.25) is 0 Å². The molecule has 7 heteroatoms. The van der Waals surface area contributed by atoms with Crippen molar-refractivity contribution in [3.63, 3.8) is 0 Å². The zero-order valence-corrected chi connectivity index (χ0v) is 12.0. The fraction of sp³-hybridized carbons (Fsp3) is 0.357. The van der Waals surface area contributed by atoms with Gasteiger partial charge in [0.1, 0.15) is 11.5 Å². The van der Waals surface area contributed by atoms with Crippen molar-refractivity contribution in [2.24, 2.45) is 10.7 Å². The molecular formula is C14H19F2N3O2. The van der Waals surface area contributed by atoms with Crippen LogP contribution in [0.3, 0.4) is 0 Å². The summed E-state index contributed by atoms with van der Waals surface area (Å²) in [6, 6.07) is 4.63. The lowest BCUT2D eigenvalue weighted by Gasteiger charge is -2.11. The number of nitrogens with zero attached hydrogens (tertiary/aromatic N) is 1. The molecule has 0 aliphatic rings. The molecule has 0 aliphatic heterocycles. The summed E-state index contributed by atoms with van der Waals surface area (Å²) in [5.41, 5.74) is 7.05. The Morgan fingerprint density at radius 2 is 2.19 bits per heavy atom. The second-order valence-corrected chi connectivity index (χ2v) is 4.36. The smallest absolute Gasteiger partial charge is 0.387 e. The first-order valence-corrected chi connectivity index (χ1v) is 6.22. The van der Waals surface area contributed by atoms with Gasteiger partial charge in [0.2, 0.25) is 0 Å². The monoisotopic (exact) mass is 299 g/mol. The van der Waals surface area contributed by atoms with Crippen molar-refractivity contribution in [2.45, 2.75) is 20.1 Å². The van der Waals surface area contributed by atoms with E-state index in [4.69, 9.17) is 10.5 Å². The summed E-state index contributed by atoms with van der Waals surface area (Å²) < 4.78 is 34.2. The fourth-order valence-electron chi connectivity index (χ4n) is 1.47. The standard InChI is InChI=1S/C14H19F2N3O2/c1-9(2)7-18-14(17)19-8-10-4-5-11(20-3)6-12(10)21-13(15)16/h4-6,13H,1,7-8H2,2-3H3,(H3,17,18,19). The van der Waals surface area contributed by atoms with Crippen molar-refractivity contribution in [3.05, 3.63) is 35.9 Å². The number of rotatable bonds is 7. The van der Waals surface area contributed by atoms with Gasteiger partial charge in [0.05, 0.1) is 13.7 Å². The normalized spacial score (nSPS) is 11.4. The first-order chi connectivity index (χ1) is 9.92. The third kappa shape index (κ3) is 6.11. The Morgan fingerprint density at radius 1 is 1.48 bits per heavy atom. The number of halogens is 2. The number of benzene rings is 1. The van der Waals surface area contributed by atoms with Gasteiger partial charge in [-0.1, -0.05) is 12.2 Å². The molecule has 0 saturated heterocycles. The van der Waals surface area contributed by atoms with Gasteiger partial charge in [0, 0.05) is 18.2 Å². The van der Waals surface area contributed by atoms with Gasteiger partial charge in [-0.05, 0) is 19.1 Å². The van der Waals surface area contributed by atoms with Gasteiger partial charge < -0.3 is 20.5 Å². The maximum absolute atomic E-state index is 12.4. The van der Waals surface area contributed by atoms with Crippen LogP contribution in [-0.2, 0) is 6.54 Å². The van der Waals surface area contributed by atoms with Crippen molar-refractivity contribution in [3.8, 4) is 11.5 Å². The SMILES string of the molecule is C=C(C)CNC(N)=NCc1ccc(OC)cc1OC(F)F. The highest BCUT2D eigenvalue weighted by Crippen LogP contribution is 2.26. The molecule has 0 unspecified atom stereocenters. The second kappa shape index (κ2) is 8.08. The molecule has 3 N–H and O–H groups in total. The highest BCUT2D eigenvalue weighted by atomic mass is 19.3. The molecule has 0 aromatic heterocycles. The maximum atomic E-state index is 12.4. The molecule has 0 heterocycles. The molecule has 5 nitrogen and oxygen atoms in total. The third-order valence-electron chi connectivity index (χ3n) is 2.48. The summed E-state index contributed by atoms with van der Waals surface area (Å²) in [7, 11) is 1.44. The Morgan fingerprint density at radius 3 is 2.76 bits per heavy atom. The van der Waals surface area contributed by atoms with Crippen LogP contribution in [0.25, 0.3) is 0 Å². The first-order valence-electron chi connectivity index (χ1n) is 6.22. The Kier molecular flexibility index (Phi) is 6.45. The van der Waals surface area contributed by atoms with E-state index in [0.29, 0.717) is 17.9 Å². The van der Waals surface area contributed by atoms with E-state index in [9.17, 15) is 8.78 Å². The number of aliphatic imine (C=N–C) groups is 1. The van der Waals surface area contributed by atoms with Crippen molar-refractivity contribution in [1.29, 1.82) is 0 Å². The van der Waals surface area contributed by atoms with E-state index in [1.807, 2.05) is 6.92 Å². The van der Waals surface area contributed by atoms with Crippen LogP contribution in [0.1, 0.15) is 12.5 Å². The Hall–Kier alpha value is -2.31. The molecular weight excluding hydrogens is 280 g/mol. The molecule has 116 valence electrons. The first kappa shape index (κ1) is 16.7. The Bertz CT molecular complexity index is 519. The van der Waals surface area contributed by atoms with Crippen LogP contribution >= 0.6 is 0 Å². The zero-order valence-electron chi connectivity index (χ0n) is 12.0. The van der Waals surface area contributed by atoms with Crippen LogP contribution in [0.5, 0.6) is 11.5 Å². The number of methoxy groups -OCH3 is 1. The van der Waals surface area contributed by atoms with E-state index < -0.39 is 6.61 Å². The lowest BCUT2D eigenvalue weighted by Crippen LogP contribution is -2.32. The zero-order chi connectivity index (χ0) is 15.8. The maximum Gasteiger partial charge on any atom is 0.387 e. The van der Waals surface area contributed by atoms with Gasteiger partial charge in [-0.15, -0.1) is 0 Å². The number of guanidine groups is 1. The Labute approximate surface area is 122 Å². The molecule has 21 heavy (non-hydrogen) atoms. The van der Waals surface area contributed by atoms with Crippen molar-refractivity contribution in [2.75, 3.05) is 13.7 Å². The van der Waals surface area contributed by atoms with Crippen LogP contribution in [0.15, 0.2) is 35.3 Å². The molecule has 0 spiro atoms. The van der Waals surface area contributed by atoms with Gasteiger partial charge in [-0.2, -0.15) is 8.78 Å². The van der Waals surface area contributed by atoms with E-state index in [1.165, 1.54) is 13.2 Å². The Balaban J connectivity index is 2.81.